The molecule has 7 nitrogen and oxygen atoms in total. The minimum Gasteiger partial charge on any atom is -0.393 e. The summed E-state index contributed by atoms with van der Waals surface area (Å²) in [5.74, 6) is -0.733. The third-order valence-electron chi connectivity index (χ3n) is 5.98. The zero-order chi connectivity index (χ0) is 24.8. The standard InChI is InChI=1S/C27H27FN4O3/c1-17-6-5-8-21(23-15-22(31-32-23)18-9-11-19(28)12-10-18)26(17)27(34)30-24(25(16-33)35-2)14-20-7-3-4-13-29-20/h3-13,22,25,31,33H,14-16H2,1-2H3/t22?,25-/m1/s1. The Hall–Kier alpha value is -3.75. The number of hydrogen-bond acceptors (Lipinski definition) is 6. The van der Waals surface area contributed by atoms with Gasteiger partial charge in [0.05, 0.1) is 29.6 Å². The number of aryl methyl sites for hydroxylation is 1. The average Bonchev–Trinajstić information content (AvgIpc) is 3.36. The van der Waals surface area contributed by atoms with Crippen molar-refractivity contribution in [2.45, 2.75) is 31.9 Å². The second-order valence-corrected chi connectivity index (χ2v) is 8.31. The molecule has 2 N–H and O–H groups in total. The normalized spacial score (nSPS) is 16.5. The van der Waals surface area contributed by atoms with Crippen molar-refractivity contribution in [3.8, 4) is 0 Å². The van der Waals surface area contributed by atoms with Crippen molar-refractivity contribution >= 4 is 17.3 Å². The van der Waals surface area contributed by atoms with E-state index in [0.717, 1.165) is 16.8 Å². The van der Waals surface area contributed by atoms with Crippen LogP contribution >= 0.6 is 0 Å². The van der Waals surface area contributed by atoms with Gasteiger partial charge in [-0.15, -0.1) is 0 Å². The largest absolute Gasteiger partial charge is 0.393 e. The lowest BCUT2D eigenvalue weighted by atomic mass is 9.93. The molecule has 1 unspecified atom stereocenters. The predicted octanol–water partition coefficient (Wildman–Crippen LogP) is 3.80. The molecule has 3 aromatic rings. The Balaban J connectivity index is 1.64. The first-order valence-electron chi connectivity index (χ1n) is 11.3. The van der Waals surface area contributed by atoms with E-state index in [1.807, 2.05) is 37.3 Å². The van der Waals surface area contributed by atoms with E-state index in [1.54, 1.807) is 24.4 Å². The fourth-order valence-electron chi connectivity index (χ4n) is 4.11. The number of pyridine rings is 1. The summed E-state index contributed by atoms with van der Waals surface area (Å²) in [5.41, 5.74) is 7.72. The van der Waals surface area contributed by atoms with Crippen molar-refractivity contribution in [3.63, 3.8) is 0 Å². The molecule has 0 fully saturated rings. The Bertz CT molecular complexity index is 1240. The van der Waals surface area contributed by atoms with E-state index >= 15 is 0 Å². The number of hydrogen-bond donors (Lipinski definition) is 2. The summed E-state index contributed by atoms with van der Waals surface area (Å²) in [6.07, 6.45) is 1.73. The van der Waals surface area contributed by atoms with Crippen LogP contribution in [0.15, 0.2) is 77.0 Å². The highest BCUT2D eigenvalue weighted by Crippen LogP contribution is 2.27. The number of carbonyl (C=O) groups excluding carboxylic acids is 1. The number of nitrogens with one attached hydrogen (secondary N) is 1. The van der Waals surface area contributed by atoms with Gasteiger partial charge in [-0.25, -0.2) is 9.38 Å². The lowest BCUT2D eigenvalue weighted by Gasteiger charge is -2.16. The van der Waals surface area contributed by atoms with Gasteiger partial charge in [0.15, 0.2) is 0 Å². The summed E-state index contributed by atoms with van der Waals surface area (Å²) in [5, 5.41) is 14.3. The number of methoxy groups -OCH3 is 1. The Morgan fingerprint density at radius 2 is 2.00 bits per heavy atom. The Morgan fingerprint density at radius 1 is 1.20 bits per heavy atom. The number of ether oxygens (including phenoxy) is 1. The molecule has 0 radical (unpaired) electrons. The average molecular weight is 475 g/mol. The van der Waals surface area contributed by atoms with Gasteiger partial charge in [0, 0.05) is 37.4 Å². The number of benzene rings is 2. The van der Waals surface area contributed by atoms with Gasteiger partial charge in [0.2, 0.25) is 0 Å². The van der Waals surface area contributed by atoms with Gasteiger partial charge in [-0.2, -0.15) is 5.10 Å². The molecule has 1 aliphatic heterocycles. The summed E-state index contributed by atoms with van der Waals surface area (Å²) in [7, 11) is 1.47. The highest BCUT2D eigenvalue weighted by Gasteiger charge is 2.26. The van der Waals surface area contributed by atoms with Gasteiger partial charge >= 0.3 is 0 Å². The zero-order valence-corrected chi connectivity index (χ0v) is 19.6. The molecule has 8 heteroatoms. The van der Waals surface area contributed by atoms with Crippen LogP contribution in [0.25, 0.3) is 0 Å². The van der Waals surface area contributed by atoms with Crippen molar-refractivity contribution in [3.05, 3.63) is 101 Å². The molecule has 2 aromatic carbocycles. The maximum Gasteiger partial charge on any atom is 0.277 e. The van der Waals surface area contributed by atoms with Crippen molar-refractivity contribution in [1.29, 1.82) is 0 Å². The number of nitrogens with zero attached hydrogens (tertiary/aromatic N) is 3. The molecule has 1 aromatic heterocycles. The molecule has 2 heterocycles. The van der Waals surface area contributed by atoms with Crippen LogP contribution in [0.3, 0.4) is 0 Å². The molecule has 1 aliphatic rings. The molecular formula is C27H27FN4O3. The lowest BCUT2D eigenvalue weighted by molar-refractivity contribution is 0.0912. The fourth-order valence-corrected chi connectivity index (χ4v) is 4.11. The third-order valence-corrected chi connectivity index (χ3v) is 5.98. The Kier molecular flexibility index (Phi) is 7.74. The maximum atomic E-state index is 13.5. The zero-order valence-electron chi connectivity index (χ0n) is 19.6. The number of aliphatic imine (C=N–C) groups is 1. The van der Waals surface area contributed by atoms with Crippen molar-refractivity contribution in [2.75, 3.05) is 13.7 Å². The van der Waals surface area contributed by atoms with Gasteiger partial charge in [-0.1, -0.05) is 36.4 Å². The van der Waals surface area contributed by atoms with E-state index in [2.05, 4.69) is 20.5 Å². The summed E-state index contributed by atoms with van der Waals surface area (Å²) in [6.45, 7) is 1.54. The van der Waals surface area contributed by atoms with Gasteiger partial charge in [-0.3, -0.25) is 9.78 Å². The van der Waals surface area contributed by atoms with Crippen molar-refractivity contribution in [2.24, 2.45) is 10.1 Å². The van der Waals surface area contributed by atoms with Crippen LogP contribution in [0.1, 0.15) is 45.2 Å². The minimum atomic E-state index is -0.734. The van der Waals surface area contributed by atoms with Crippen molar-refractivity contribution in [1.82, 2.24) is 10.4 Å². The summed E-state index contributed by atoms with van der Waals surface area (Å²) >= 11 is 0. The van der Waals surface area contributed by atoms with E-state index in [1.165, 1.54) is 19.2 Å². The monoisotopic (exact) mass is 474 g/mol. The predicted molar refractivity (Wildman–Crippen MR) is 132 cm³/mol. The number of aliphatic hydroxyl groups is 1. The van der Waals surface area contributed by atoms with Crippen LogP contribution in [0.5, 0.6) is 0 Å². The lowest BCUT2D eigenvalue weighted by Crippen LogP contribution is -2.30. The van der Waals surface area contributed by atoms with Crippen LogP contribution in [-0.4, -0.2) is 47.2 Å². The van der Waals surface area contributed by atoms with Crippen LogP contribution < -0.4 is 5.43 Å². The Morgan fingerprint density at radius 3 is 2.69 bits per heavy atom. The van der Waals surface area contributed by atoms with Gasteiger partial charge in [-0.05, 0) is 42.3 Å². The molecule has 4 rings (SSSR count). The molecule has 0 saturated carbocycles. The summed E-state index contributed by atoms with van der Waals surface area (Å²) in [6, 6.07) is 17.2. The topological polar surface area (TPSA) is 96.2 Å². The molecule has 0 bridgehead atoms. The molecule has 0 saturated heterocycles. The van der Waals surface area contributed by atoms with Crippen LogP contribution in [0.4, 0.5) is 4.39 Å². The number of rotatable bonds is 8. The molecule has 180 valence electrons. The first kappa shape index (κ1) is 24.4. The Labute approximate surface area is 203 Å². The quantitative estimate of drug-likeness (QED) is 0.484. The first-order valence-corrected chi connectivity index (χ1v) is 11.3. The van der Waals surface area contributed by atoms with Gasteiger partial charge < -0.3 is 15.3 Å². The highest BCUT2D eigenvalue weighted by molar-refractivity contribution is 6.14. The molecule has 0 spiro atoms. The number of aliphatic hydroxyl groups excluding tert-OH is 1. The molecule has 2 atom stereocenters. The van der Waals surface area contributed by atoms with E-state index in [9.17, 15) is 14.3 Å². The molecule has 1 amide bonds. The molecular weight excluding hydrogens is 447 g/mol. The van der Waals surface area contributed by atoms with E-state index in [0.29, 0.717) is 29.0 Å². The second-order valence-electron chi connectivity index (χ2n) is 8.31. The maximum absolute atomic E-state index is 13.5. The molecule has 0 aliphatic carbocycles. The van der Waals surface area contributed by atoms with Crippen LogP contribution in [-0.2, 0) is 11.2 Å². The second kappa shape index (κ2) is 11.1. The first-order chi connectivity index (χ1) is 17.0. The van der Waals surface area contributed by atoms with E-state index in [-0.39, 0.29) is 24.9 Å². The minimum absolute atomic E-state index is 0.121. The number of hydrazone groups is 1. The molecule has 35 heavy (non-hydrogen) atoms. The third kappa shape index (κ3) is 5.67. The summed E-state index contributed by atoms with van der Waals surface area (Å²) in [4.78, 5) is 22.2. The van der Waals surface area contributed by atoms with Crippen molar-refractivity contribution < 1.29 is 19.0 Å². The summed E-state index contributed by atoms with van der Waals surface area (Å²) < 4.78 is 18.7. The number of aromatic nitrogens is 1. The van der Waals surface area contributed by atoms with Crippen LogP contribution in [0, 0.1) is 12.7 Å². The van der Waals surface area contributed by atoms with Gasteiger partial charge in [0.1, 0.15) is 11.9 Å². The highest BCUT2D eigenvalue weighted by atomic mass is 19.1. The number of amides is 1. The smallest absolute Gasteiger partial charge is 0.277 e. The fraction of sp³-hybridized carbons (Fsp3) is 0.259. The number of halogens is 1. The van der Waals surface area contributed by atoms with Crippen LogP contribution in [0.2, 0.25) is 0 Å². The van der Waals surface area contributed by atoms with E-state index < -0.39 is 12.0 Å². The van der Waals surface area contributed by atoms with Gasteiger partial charge in [0.25, 0.3) is 5.91 Å². The van der Waals surface area contributed by atoms with E-state index in [4.69, 9.17) is 4.74 Å². The number of carbonyl (C=O) groups is 1. The SMILES string of the molecule is CO[C@H](CO)C(Cc1ccccn1)=NC(=O)c1c(C)cccc1C1=NNC(c2ccc(F)cc2)C1.